The highest BCUT2D eigenvalue weighted by Crippen LogP contribution is 2.21. The highest BCUT2D eigenvalue weighted by Gasteiger charge is 2.28. The number of rotatable bonds is 4. The van der Waals surface area contributed by atoms with E-state index < -0.39 is 0 Å². The van der Waals surface area contributed by atoms with Gasteiger partial charge < -0.3 is 9.32 Å². The number of anilines is 1. The molecule has 0 unspecified atom stereocenters. The van der Waals surface area contributed by atoms with Crippen molar-refractivity contribution in [3.05, 3.63) is 48.6 Å². The average Bonchev–Trinajstić information content (AvgIpc) is 3.40. The van der Waals surface area contributed by atoms with E-state index in [0.717, 1.165) is 0 Å². The van der Waals surface area contributed by atoms with Gasteiger partial charge >= 0.3 is 0 Å². The molecule has 1 aliphatic rings. The first-order chi connectivity index (χ1) is 13.2. The van der Waals surface area contributed by atoms with Gasteiger partial charge in [0.25, 0.3) is 5.91 Å². The first kappa shape index (κ1) is 17.0. The second kappa shape index (κ2) is 7.40. The lowest BCUT2D eigenvalue weighted by Gasteiger charge is -2.30. The molecule has 1 fully saturated rings. The molecular formula is C18H18N6O3. The Balaban J connectivity index is 1.32. The number of hydrogen-bond acceptors (Lipinski definition) is 6. The van der Waals surface area contributed by atoms with Crippen LogP contribution in [0.15, 0.2) is 47.4 Å². The number of pyridine rings is 1. The SMILES string of the molecule is O=C(Nc1n[nH]c(-c2ccccn2)n1)C1CCN(C(=O)c2ccoc2)CC1. The van der Waals surface area contributed by atoms with Crippen LogP contribution in [-0.2, 0) is 4.79 Å². The van der Waals surface area contributed by atoms with Gasteiger partial charge in [-0.2, -0.15) is 4.98 Å². The van der Waals surface area contributed by atoms with E-state index in [0.29, 0.717) is 43.0 Å². The third-order valence-electron chi connectivity index (χ3n) is 4.55. The lowest BCUT2D eigenvalue weighted by atomic mass is 9.95. The fourth-order valence-electron chi connectivity index (χ4n) is 3.06. The van der Waals surface area contributed by atoms with Gasteiger partial charge in [-0.05, 0) is 31.0 Å². The molecule has 3 aromatic heterocycles. The van der Waals surface area contributed by atoms with E-state index in [1.54, 1.807) is 23.2 Å². The number of furan rings is 1. The van der Waals surface area contributed by atoms with Crippen LogP contribution in [0.2, 0.25) is 0 Å². The molecule has 2 N–H and O–H groups in total. The molecule has 0 saturated carbocycles. The van der Waals surface area contributed by atoms with E-state index in [1.165, 1.54) is 12.5 Å². The molecule has 0 aromatic carbocycles. The number of H-pyrrole nitrogens is 1. The molecule has 0 bridgehead atoms. The predicted molar refractivity (Wildman–Crippen MR) is 95.6 cm³/mol. The number of likely N-dealkylation sites (tertiary alicyclic amines) is 1. The predicted octanol–water partition coefficient (Wildman–Crippen LogP) is 1.95. The number of carbonyl (C=O) groups is 2. The van der Waals surface area contributed by atoms with Gasteiger partial charge in [0, 0.05) is 25.2 Å². The van der Waals surface area contributed by atoms with Crippen molar-refractivity contribution in [1.82, 2.24) is 25.1 Å². The van der Waals surface area contributed by atoms with Gasteiger partial charge in [-0.3, -0.25) is 25.0 Å². The van der Waals surface area contributed by atoms with Crippen LogP contribution in [0.1, 0.15) is 23.2 Å². The Hall–Kier alpha value is -3.49. The molecule has 0 aliphatic carbocycles. The largest absolute Gasteiger partial charge is 0.472 e. The van der Waals surface area contributed by atoms with E-state index in [1.807, 2.05) is 12.1 Å². The summed E-state index contributed by atoms with van der Waals surface area (Å²) in [6.45, 7) is 1.05. The fourth-order valence-corrected chi connectivity index (χ4v) is 3.06. The summed E-state index contributed by atoms with van der Waals surface area (Å²) in [6, 6.07) is 7.11. The zero-order chi connectivity index (χ0) is 18.6. The molecule has 9 heteroatoms. The molecule has 0 spiro atoms. The van der Waals surface area contributed by atoms with Crippen molar-refractivity contribution in [2.24, 2.45) is 5.92 Å². The molecule has 1 aliphatic heterocycles. The maximum Gasteiger partial charge on any atom is 0.257 e. The fraction of sp³-hybridized carbons (Fsp3) is 0.278. The summed E-state index contributed by atoms with van der Waals surface area (Å²) in [4.78, 5) is 35.0. The second-order valence-electron chi connectivity index (χ2n) is 6.29. The van der Waals surface area contributed by atoms with E-state index in [9.17, 15) is 9.59 Å². The van der Waals surface area contributed by atoms with Gasteiger partial charge in [-0.15, -0.1) is 5.10 Å². The molecule has 3 aromatic rings. The normalized spacial score (nSPS) is 14.9. The lowest BCUT2D eigenvalue weighted by Crippen LogP contribution is -2.41. The minimum absolute atomic E-state index is 0.0726. The van der Waals surface area contributed by atoms with Crippen LogP contribution in [0.5, 0.6) is 0 Å². The monoisotopic (exact) mass is 366 g/mol. The van der Waals surface area contributed by atoms with E-state index in [-0.39, 0.29) is 23.7 Å². The summed E-state index contributed by atoms with van der Waals surface area (Å²) in [5, 5.41) is 9.52. The number of nitrogens with one attached hydrogen (secondary N) is 2. The van der Waals surface area contributed by atoms with Crippen molar-refractivity contribution in [3.63, 3.8) is 0 Å². The standard InChI is InChI=1S/C18H18N6O3/c25-16(21-18-20-15(22-23-18)14-3-1-2-7-19-14)12-4-8-24(9-5-12)17(26)13-6-10-27-11-13/h1-3,6-7,10-12H,4-5,8-9H2,(H2,20,21,22,23,25). The van der Waals surface area contributed by atoms with Crippen LogP contribution in [-0.4, -0.2) is 50.0 Å². The number of aromatic amines is 1. The van der Waals surface area contributed by atoms with Crippen LogP contribution in [0.3, 0.4) is 0 Å². The zero-order valence-electron chi connectivity index (χ0n) is 14.5. The van der Waals surface area contributed by atoms with E-state index in [2.05, 4.69) is 25.5 Å². The van der Waals surface area contributed by atoms with E-state index in [4.69, 9.17) is 4.42 Å². The molecule has 1 saturated heterocycles. The molecule has 9 nitrogen and oxygen atoms in total. The number of hydrogen-bond donors (Lipinski definition) is 2. The highest BCUT2D eigenvalue weighted by molar-refractivity contribution is 5.94. The van der Waals surface area contributed by atoms with Crippen LogP contribution < -0.4 is 5.32 Å². The first-order valence-corrected chi connectivity index (χ1v) is 8.67. The number of aromatic nitrogens is 4. The molecule has 138 valence electrons. The molecule has 4 heterocycles. The maximum absolute atomic E-state index is 12.5. The third kappa shape index (κ3) is 3.71. The Morgan fingerprint density at radius 2 is 2.07 bits per heavy atom. The number of carbonyl (C=O) groups excluding carboxylic acids is 2. The molecule has 27 heavy (non-hydrogen) atoms. The summed E-state index contributed by atoms with van der Waals surface area (Å²) in [5.41, 5.74) is 1.18. The lowest BCUT2D eigenvalue weighted by molar-refractivity contribution is -0.121. The van der Waals surface area contributed by atoms with Gasteiger partial charge in [0.2, 0.25) is 11.9 Å². The van der Waals surface area contributed by atoms with Gasteiger partial charge in [0.1, 0.15) is 12.0 Å². The van der Waals surface area contributed by atoms with Crippen LogP contribution >= 0.6 is 0 Å². The quantitative estimate of drug-likeness (QED) is 0.729. The topological polar surface area (TPSA) is 117 Å². The Bertz CT molecular complexity index is 914. The summed E-state index contributed by atoms with van der Waals surface area (Å²) < 4.78 is 4.95. The van der Waals surface area contributed by atoms with Crippen molar-refractivity contribution in [1.29, 1.82) is 0 Å². The molecule has 4 rings (SSSR count). The maximum atomic E-state index is 12.5. The van der Waals surface area contributed by atoms with Crippen molar-refractivity contribution >= 4 is 17.8 Å². The minimum atomic E-state index is -0.185. The first-order valence-electron chi connectivity index (χ1n) is 8.67. The molecule has 0 radical (unpaired) electrons. The number of nitrogens with zero attached hydrogens (tertiary/aromatic N) is 4. The Morgan fingerprint density at radius 3 is 2.78 bits per heavy atom. The van der Waals surface area contributed by atoms with Crippen molar-refractivity contribution in [2.75, 3.05) is 18.4 Å². The second-order valence-corrected chi connectivity index (χ2v) is 6.29. The minimum Gasteiger partial charge on any atom is -0.472 e. The Labute approximate surface area is 154 Å². The third-order valence-corrected chi connectivity index (χ3v) is 4.55. The average molecular weight is 366 g/mol. The number of amides is 2. The van der Waals surface area contributed by atoms with Crippen molar-refractivity contribution in [3.8, 4) is 11.5 Å². The molecule has 2 amide bonds. The van der Waals surface area contributed by atoms with Crippen molar-refractivity contribution in [2.45, 2.75) is 12.8 Å². The van der Waals surface area contributed by atoms with Crippen LogP contribution in [0.4, 0.5) is 5.95 Å². The smallest absolute Gasteiger partial charge is 0.257 e. The summed E-state index contributed by atoms with van der Waals surface area (Å²) in [7, 11) is 0. The van der Waals surface area contributed by atoms with Gasteiger partial charge in [0.15, 0.2) is 5.82 Å². The molecule has 0 atom stereocenters. The number of piperidine rings is 1. The van der Waals surface area contributed by atoms with Crippen molar-refractivity contribution < 1.29 is 14.0 Å². The summed E-state index contributed by atoms with van der Waals surface area (Å²) >= 11 is 0. The van der Waals surface area contributed by atoms with Crippen LogP contribution in [0, 0.1) is 5.92 Å². The van der Waals surface area contributed by atoms with Gasteiger partial charge in [-0.1, -0.05) is 6.07 Å². The van der Waals surface area contributed by atoms with E-state index >= 15 is 0 Å². The highest BCUT2D eigenvalue weighted by atomic mass is 16.3. The van der Waals surface area contributed by atoms with Gasteiger partial charge in [0.05, 0.1) is 11.8 Å². The Morgan fingerprint density at radius 1 is 1.22 bits per heavy atom. The van der Waals surface area contributed by atoms with Crippen LogP contribution in [0.25, 0.3) is 11.5 Å². The summed E-state index contributed by atoms with van der Waals surface area (Å²) in [6.07, 6.45) is 5.75. The van der Waals surface area contributed by atoms with Gasteiger partial charge in [-0.25, -0.2) is 0 Å². The molecular weight excluding hydrogens is 348 g/mol. The Kier molecular flexibility index (Phi) is 4.65. The summed E-state index contributed by atoms with van der Waals surface area (Å²) in [5.74, 6) is 0.313. The zero-order valence-corrected chi connectivity index (χ0v) is 14.5.